The number of nitrogens with zero attached hydrogens (tertiary/aromatic N) is 1. The number of allylic oxidation sites excluding steroid dienone is 2. The highest BCUT2D eigenvalue weighted by Gasteiger charge is 2.31. The monoisotopic (exact) mass is 299 g/mol. The van der Waals surface area contributed by atoms with Crippen LogP contribution in [0.1, 0.15) is 32.6 Å². The van der Waals surface area contributed by atoms with Crippen LogP contribution in [0, 0.1) is 0 Å². The second-order valence-electron chi connectivity index (χ2n) is 4.24. The molecule has 0 aromatic heterocycles. The van der Waals surface area contributed by atoms with Gasteiger partial charge >= 0.3 is 5.97 Å². The molecule has 0 aromatic carbocycles. The standard InChI is InChI=1S/C13H17NO3S2/c1-3-5-9(2)8-10-12(17)14(13(18)19-10)7-4-6-11(15)16/h8H,2-7H2,1H3,(H,15,16)/b10-8-. The summed E-state index contributed by atoms with van der Waals surface area (Å²) in [7, 11) is 0. The predicted molar refractivity (Wildman–Crippen MR) is 80.9 cm³/mol. The zero-order chi connectivity index (χ0) is 14.4. The van der Waals surface area contributed by atoms with Gasteiger partial charge in [-0.2, -0.15) is 0 Å². The highest BCUT2D eigenvalue weighted by Crippen LogP contribution is 2.32. The van der Waals surface area contributed by atoms with Gasteiger partial charge in [0.15, 0.2) is 0 Å². The molecule has 1 amide bonds. The minimum atomic E-state index is -0.864. The second kappa shape index (κ2) is 7.45. The maximum Gasteiger partial charge on any atom is 0.303 e. The number of carboxylic acids is 1. The SMILES string of the molecule is C=C(/C=C1\SC(=S)N(CCCC(=O)O)C1=O)CCC. The summed E-state index contributed by atoms with van der Waals surface area (Å²) in [6, 6.07) is 0. The van der Waals surface area contributed by atoms with Gasteiger partial charge in [0.05, 0.1) is 4.91 Å². The number of thioether (sulfide) groups is 1. The van der Waals surface area contributed by atoms with E-state index < -0.39 is 5.97 Å². The molecule has 1 saturated heterocycles. The fourth-order valence-corrected chi connectivity index (χ4v) is 3.00. The first-order valence-electron chi connectivity index (χ1n) is 6.10. The van der Waals surface area contributed by atoms with Crippen molar-refractivity contribution in [2.75, 3.05) is 6.54 Å². The van der Waals surface area contributed by atoms with Crippen LogP contribution in [0.3, 0.4) is 0 Å². The number of carbonyl (C=O) groups is 2. The molecule has 4 nitrogen and oxygen atoms in total. The van der Waals surface area contributed by atoms with Crippen molar-refractivity contribution in [2.24, 2.45) is 0 Å². The summed E-state index contributed by atoms with van der Waals surface area (Å²) in [5.41, 5.74) is 0.911. The quantitative estimate of drug-likeness (QED) is 0.578. The number of rotatable bonds is 7. The van der Waals surface area contributed by atoms with Crippen molar-refractivity contribution < 1.29 is 14.7 Å². The van der Waals surface area contributed by atoms with E-state index in [1.54, 1.807) is 6.08 Å². The maximum atomic E-state index is 12.1. The highest BCUT2D eigenvalue weighted by molar-refractivity contribution is 8.26. The van der Waals surface area contributed by atoms with Crippen molar-refractivity contribution in [3.63, 3.8) is 0 Å². The maximum absolute atomic E-state index is 12.1. The van der Waals surface area contributed by atoms with Crippen LogP contribution in [0.5, 0.6) is 0 Å². The normalized spacial score (nSPS) is 17.3. The van der Waals surface area contributed by atoms with E-state index in [1.165, 1.54) is 16.7 Å². The summed E-state index contributed by atoms with van der Waals surface area (Å²) in [5.74, 6) is -1.00. The molecule has 1 fully saturated rings. The first-order valence-corrected chi connectivity index (χ1v) is 7.33. The van der Waals surface area contributed by atoms with Gasteiger partial charge in [-0.3, -0.25) is 14.5 Å². The van der Waals surface area contributed by atoms with Gasteiger partial charge in [0.2, 0.25) is 0 Å². The highest BCUT2D eigenvalue weighted by atomic mass is 32.2. The van der Waals surface area contributed by atoms with Crippen molar-refractivity contribution >= 4 is 40.2 Å². The van der Waals surface area contributed by atoms with Crippen molar-refractivity contribution in [3.8, 4) is 0 Å². The molecule has 0 aromatic rings. The molecular formula is C13H17NO3S2. The Morgan fingerprint density at radius 3 is 2.79 bits per heavy atom. The van der Waals surface area contributed by atoms with E-state index in [0.29, 0.717) is 22.2 Å². The number of thiocarbonyl (C=S) groups is 1. The van der Waals surface area contributed by atoms with E-state index in [1.807, 2.05) is 0 Å². The molecule has 1 N–H and O–H groups in total. The molecule has 0 radical (unpaired) electrons. The Morgan fingerprint density at radius 2 is 2.21 bits per heavy atom. The van der Waals surface area contributed by atoms with E-state index in [0.717, 1.165) is 18.4 Å². The Labute approximate surface area is 122 Å². The van der Waals surface area contributed by atoms with E-state index in [4.69, 9.17) is 17.3 Å². The molecule has 6 heteroatoms. The molecule has 0 spiro atoms. The lowest BCUT2D eigenvalue weighted by Crippen LogP contribution is -2.29. The van der Waals surface area contributed by atoms with Crippen LogP contribution in [-0.2, 0) is 9.59 Å². The summed E-state index contributed by atoms with van der Waals surface area (Å²) in [5, 5.41) is 8.58. The van der Waals surface area contributed by atoms with Crippen LogP contribution in [0.2, 0.25) is 0 Å². The average molecular weight is 299 g/mol. The second-order valence-corrected chi connectivity index (χ2v) is 5.91. The summed E-state index contributed by atoms with van der Waals surface area (Å²) in [4.78, 5) is 24.6. The Kier molecular flexibility index (Phi) is 6.24. The van der Waals surface area contributed by atoms with Gasteiger partial charge in [0.25, 0.3) is 5.91 Å². The molecule has 19 heavy (non-hydrogen) atoms. The van der Waals surface area contributed by atoms with Gasteiger partial charge in [-0.1, -0.05) is 49.5 Å². The fraction of sp³-hybridized carbons (Fsp3) is 0.462. The molecular weight excluding hydrogens is 282 g/mol. The number of carboxylic acid groups (broad SMARTS) is 1. The minimum Gasteiger partial charge on any atom is -0.481 e. The van der Waals surface area contributed by atoms with Crippen LogP contribution in [-0.4, -0.2) is 32.7 Å². The molecule has 0 unspecified atom stereocenters. The Morgan fingerprint density at radius 1 is 1.53 bits per heavy atom. The van der Waals surface area contributed by atoms with Crippen LogP contribution >= 0.6 is 24.0 Å². The molecule has 104 valence electrons. The van der Waals surface area contributed by atoms with Gasteiger partial charge in [0.1, 0.15) is 4.32 Å². The lowest BCUT2D eigenvalue weighted by molar-refractivity contribution is -0.137. The fourth-order valence-electron chi connectivity index (χ4n) is 1.66. The summed E-state index contributed by atoms with van der Waals surface area (Å²) < 4.78 is 0.492. The number of carbonyl (C=O) groups excluding carboxylic acids is 1. The zero-order valence-electron chi connectivity index (χ0n) is 10.8. The first-order chi connectivity index (χ1) is 8.95. The molecule has 1 rings (SSSR count). The van der Waals surface area contributed by atoms with Crippen LogP contribution in [0.4, 0.5) is 0 Å². The van der Waals surface area contributed by atoms with E-state index in [2.05, 4.69) is 13.5 Å². The van der Waals surface area contributed by atoms with Gasteiger partial charge in [0, 0.05) is 13.0 Å². The molecule has 1 aliphatic rings. The van der Waals surface area contributed by atoms with Gasteiger partial charge < -0.3 is 5.11 Å². The number of aliphatic carboxylic acids is 1. The van der Waals surface area contributed by atoms with Gasteiger partial charge in [-0.15, -0.1) is 0 Å². The van der Waals surface area contributed by atoms with Gasteiger partial charge in [-0.25, -0.2) is 0 Å². The smallest absolute Gasteiger partial charge is 0.303 e. The third-order valence-corrected chi connectivity index (χ3v) is 3.93. The third kappa shape index (κ3) is 4.80. The molecule has 0 atom stereocenters. The molecule has 1 aliphatic heterocycles. The van der Waals surface area contributed by atoms with E-state index in [-0.39, 0.29) is 12.3 Å². The molecule has 0 aliphatic carbocycles. The lowest BCUT2D eigenvalue weighted by Gasteiger charge is -2.13. The molecule has 0 saturated carbocycles. The first kappa shape index (κ1) is 15.9. The Bertz CT molecular complexity index is 443. The predicted octanol–water partition coefficient (Wildman–Crippen LogP) is 2.95. The van der Waals surface area contributed by atoms with Crippen molar-refractivity contribution in [3.05, 3.63) is 23.1 Å². The minimum absolute atomic E-state index is 0.0403. The summed E-state index contributed by atoms with van der Waals surface area (Å²) in [6.07, 6.45) is 4.06. The van der Waals surface area contributed by atoms with E-state index >= 15 is 0 Å². The van der Waals surface area contributed by atoms with Crippen LogP contribution < -0.4 is 0 Å². The largest absolute Gasteiger partial charge is 0.481 e. The van der Waals surface area contributed by atoms with Crippen molar-refractivity contribution in [1.29, 1.82) is 0 Å². The van der Waals surface area contributed by atoms with E-state index in [9.17, 15) is 9.59 Å². The van der Waals surface area contributed by atoms with Crippen LogP contribution in [0.15, 0.2) is 23.1 Å². The van der Waals surface area contributed by atoms with Gasteiger partial charge in [-0.05, 0) is 18.9 Å². The molecule has 1 heterocycles. The lowest BCUT2D eigenvalue weighted by atomic mass is 10.1. The Hall–Kier alpha value is -1.14. The third-order valence-electron chi connectivity index (χ3n) is 2.55. The summed E-state index contributed by atoms with van der Waals surface area (Å²) in [6.45, 7) is 6.30. The van der Waals surface area contributed by atoms with Crippen molar-refractivity contribution in [2.45, 2.75) is 32.6 Å². The van der Waals surface area contributed by atoms with Crippen LogP contribution in [0.25, 0.3) is 0 Å². The zero-order valence-corrected chi connectivity index (χ0v) is 12.5. The number of hydrogen-bond donors (Lipinski definition) is 1. The molecule has 0 bridgehead atoms. The number of amides is 1. The number of hydrogen-bond acceptors (Lipinski definition) is 4. The topological polar surface area (TPSA) is 57.6 Å². The van der Waals surface area contributed by atoms with Crippen molar-refractivity contribution in [1.82, 2.24) is 4.90 Å². The average Bonchev–Trinajstić information content (AvgIpc) is 2.56. The Balaban J connectivity index is 2.63. The summed E-state index contributed by atoms with van der Waals surface area (Å²) >= 11 is 6.40.